The molecule has 2 N–H and O–H groups in total. The Morgan fingerprint density at radius 3 is 2.38 bits per heavy atom. The second-order valence-corrected chi connectivity index (χ2v) is 5.91. The molecule has 1 atom stereocenters. The molecule has 0 bridgehead atoms. The summed E-state index contributed by atoms with van der Waals surface area (Å²) in [5.74, 6) is -1.94. The van der Waals surface area contributed by atoms with E-state index < -0.39 is 30.1 Å². The van der Waals surface area contributed by atoms with E-state index in [2.05, 4.69) is 5.32 Å². The zero-order valence-electron chi connectivity index (χ0n) is 11.7. The van der Waals surface area contributed by atoms with Gasteiger partial charge in [-0.1, -0.05) is 0 Å². The van der Waals surface area contributed by atoms with Crippen LogP contribution in [0.5, 0.6) is 0 Å². The molecule has 1 aliphatic heterocycles. The maximum Gasteiger partial charge on any atom is 0.391 e. The number of urea groups is 1. The number of carbonyl (C=O) groups excluding carboxylic acids is 1. The molecule has 1 heterocycles. The highest BCUT2D eigenvalue weighted by Gasteiger charge is 2.41. The van der Waals surface area contributed by atoms with Crippen LogP contribution in [-0.2, 0) is 4.79 Å². The Labute approximate surface area is 125 Å². The van der Waals surface area contributed by atoms with Gasteiger partial charge < -0.3 is 15.3 Å². The van der Waals surface area contributed by atoms with E-state index in [1.165, 1.54) is 16.7 Å². The summed E-state index contributed by atoms with van der Waals surface area (Å²) in [5.41, 5.74) is 0. The zero-order valence-corrected chi connectivity index (χ0v) is 12.5. The van der Waals surface area contributed by atoms with E-state index in [0.29, 0.717) is 5.75 Å². The van der Waals surface area contributed by atoms with Gasteiger partial charge in [0.05, 0.1) is 5.92 Å². The van der Waals surface area contributed by atoms with E-state index in [0.717, 1.165) is 0 Å². The summed E-state index contributed by atoms with van der Waals surface area (Å²) in [6.07, 6.45) is -2.41. The minimum atomic E-state index is -4.23. The van der Waals surface area contributed by atoms with Gasteiger partial charge in [0.1, 0.15) is 6.04 Å². The van der Waals surface area contributed by atoms with Gasteiger partial charge in [0.25, 0.3) is 0 Å². The molecular weight excluding hydrogens is 309 g/mol. The van der Waals surface area contributed by atoms with Crippen molar-refractivity contribution in [2.75, 3.05) is 25.1 Å². The molecule has 0 aromatic heterocycles. The van der Waals surface area contributed by atoms with Crippen LogP contribution in [0, 0.1) is 5.92 Å². The zero-order chi connectivity index (χ0) is 16.0. The minimum Gasteiger partial charge on any atom is -0.480 e. The highest BCUT2D eigenvalue weighted by molar-refractivity contribution is 7.98. The van der Waals surface area contributed by atoms with Crippen molar-refractivity contribution >= 4 is 23.8 Å². The van der Waals surface area contributed by atoms with E-state index >= 15 is 0 Å². The standard InChI is InChI=1S/C12H19F3N2O3S/c1-21-7-4-9(10(18)19)16-11(20)17-5-2-8(3-6-17)12(13,14)15/h8-9H,2-7H2,1H3,(H,16,20)(H,18,19)/t9-/m0/s1. The average molecular weight is 328 g/mol. The van der Waals surface area contributed by atoms with Gasteiger partial charge in [-0.2, -0.15) is 24.9 Å². The van der Waals surface area contributed by atoms with E-state index in [1.807, 2.05) is 6.26 Å². The van der Waals surface area contributed by atoms with E-state index in [-0.39, 0.29) is 32.4 Å². The fourth-order valence-corrected chi connectivity index (χ4v) is 2.61. The molecule has 0 saturated carbocycles. The number of likely N-dealkylation sites (tertiary alicyclic amines) is 1. The lowest BCUT2D eigenvalue weighted by atomic mass is 9.96. The van der Waals surface area contributed by atoms with Gasteiger partial charge in [-0.15, -0.1) is 0 Å². The molecule has 1 rings (SSSR count). The summed E-state index contributed by atoms with van der Waals surface area (Å²) >= 11 is 1.46. The molecule has 2 amide bonds. The molecule has 1 fully saturated rings. The summed E-state index contributed by atoms with van der Waals surface area (Å²) < 4.78 is 37.6. The first-order valence-electron chi connectivity index (χ1n) is 6.59. The first-order valence-corrected chi connectivity index (χ1v) is 7.99. The van der Waals surface area contributed by atoms with Crippen LogP contribution in [0.4, 0.5) is 18.0 Å². The molecule has 0 radical (unpaired) electrons. The summed E-state index contributed by atoms with van der Waals surface area (Å²) in [7, 11) is 0. The number of carbonyl (C=O) groups is 2. The molecule has 1 aliphatic rings. The number of amides is 2. The predicted molar refractivity (Wildman–Crippen MR) is 73.3 cm³/mol. The van der Waals surface area contributed by atoms with Crippen molar-refractivity contribution in [2.45, 2.75) is 31.5 Å². The Hall–Kier alpha value is -1.12. The van der Waals surface area contributed by atoms with Crippen LogP contribution in [0.25, 0.3) is 0 Å². The lowest BCUT2D eigenvalue weighted by Crippen LogP contribution is -2.51. The Bertz CT molecular complexity index is 371. The Morgan fingerprint density at radius 1 is 1.38 bits per heavy atom. The first-order chi connectivity index (χ1) is 9.75. The lowest BCUT2D eigenvalue weighted by molar-refractivity contribution is -0.183. The third-order valence-electron chi connectivity index (χ3n) is 3.45. The minimum absolute atomic E-state index is 0.00905. The van der Waals surface area contributed by atoms with Crippen molar-refractivity contribution < 1.29 is 27.9 Å². The van der Waals surface area contributed by atoms with Gasteiger partial charge in [-0.05, 0) is 31.3 Å². The third kappa shape index (κ3) is 5.64. The monoisotopic (exact) mass is 328 g/mol. The van der Waals surface area contributed by atoms with Crippen LogP contribution in [0.2, 0.25) is 0 Å². The average Bonchev–Trinajstić information content (AvgIpc) is 2.42. The summed E-state index contributed by atoms with van der Waals surface area (Å²) in [6, 6.07) is -1.62. The Morgan fingerprint density at radius 2 is 1.95 bits per heavy atom. The number of carboxylic acids is 1. The summed E-state index contributed by atoms with van der Waals surface area (Å²) in [5, 5.41) is 11.4. The second-order valence-electron chi connectivity index (χ2n) is 4.92. The lowest BCUT2D eigenvalue weighted by Gasteiger charge is -2.33. The third-order valence-corrected chi connectivity index (χ3v) is 4.10. The van der Waals surface area contributed by atoms with Crippen LogP contribution in [0.15, 0.2) is 0 Å². The molecule has 1 saturated heterocycles. The van der Waals surface area contributed by atoms with Gasteiger partial charge >= 0.3 is 18.2 Å². The maximum absolute atomic E-state index is 12.5. The van der Waals surface area contributed by atoms with Crippen molar-refractivity contribution in [3.8, 4) is 0 Å². The molecule has 9 heteroatoms. The number of carboxylic acid groups (broad SMARTS) is 1. The molecule has 5 nitrogen and oxygen atoms in total. The van der Waals surface area contributed by atoms with Crippen molar-refractivity contribution in [2.24, 2.45) is 5.92 Å². The van der Waals surface area contributed by atoms with E-state index in [4.69, 9.17) is 5.11 Å². The molecule has 0 aliphatic carbocycles. The second kappa shape index (κ2) is 7.77. The first kappa shape index (κ1) is 17.9. The number of nitrogens with one attached hydrogen (secondary N) is 1. The topological polar surface area (TPSA) is 69.6 Å². The Kier molecular flexibility index (Phi) is 6.63. The number of aliphatic carboxylic acids is 1. The molecule has 0 aromatic rings. The van der Waals surface area contributed by atoms with Crippen molar-refractivity contribution in [1.29, 1.82) is 0 Å². The van der Waals surface area contributed by atoms with Gasteiger partial charge in [-0.3, -0.25) is 0 Å². The molecule has 0 unspecified atom stereocenters. The van der Waals surface area contributed by atoms with Gasteiger partial charge in [0, 0.05) is 13.1 Å². The van der Waals surface area contributed by atoms with Gasteiger partial charge in [0.2, 0.25) is 0 Å². The van der Waals surface area contributed by atoms with E-state index in [1.54, 1.807) is 0 Å². The Balaban J connectivity index is 2.47. The fraction of sp³-hybridized carbons (Fsp3) is 0.833. The number of thioether (sulfide) groups is 1. The number of piperidine rings is 1. The van der Waals surface area contributed by atoms with Crippen LogP contribution >= 0.6 is 11.8 Å². The van der Waals surface area contributed by atoms with Gasteiger partial charge in [0.15, 0.2) is 0 Å². The predicted octanol–water partition coefficient (Wildman–Crippen LogP) is 2.18. The summed E-state index contributed by atoms with van der Waals surface area (Å²) in [6.45, 7) is -0.0181. The van der Waals surface area contributed by atoms with Crippen molar-refractivity contribution in [3.05, 3.63) is 0 Å². The fourth-order valence-electron chi connectivity index (χ4n) is 2.14. The van der Waals surface area contributed by atoms with Crippen LogP contribution < -0.4 is 5.32 Å². The SMILES string of the molecule is CSCC[C@H](NC(=O)N1CCC(C(F)(F)F)CC1)C(=O)O. The molecule has 0 aromatic carbocycles. The van der Waals surface area contributed by atoms with E-state index in [9.17, 15) is 22.8 Å². The summed E-state index contributed by atoms with van der Waals surface area (Å²) in [4.78, 5) is 24.2. The number of rotatable bonds is 5. The smallest absolute Gasteiger partial charge is 0.391 e. The number of halogens is 3. The molecule has 0 spiro atoms. The number of nitrogens with zero attached hydrogens (tertiary/aromatic N) is 1. The highest BCUT2D eigenvalue weighted by Crippen LogP contribution is 2.34. The molecule has 122 valence electrons. The van der Waals surface area contributed by atoms with Crippen LogP contribution in [0.3, 0.4) is 0 Å². The van der Waals surface area contributed by atoms with Gasteiger partial charge in [-0.25, -0.2) is 9.59 Å². The maximum atomic E-state index is 12.5. The highest BCUT2D eigenvalue weighted by atomic mass is 32.2. The number of alkyl halides is 3. The normalized spacial score (nSPS) is 18.4. The molecule has 21 heavy (non-hydrogen) atoms. The quantitative estimate of drug-likeness (QED) is 0.811. The number of hydrogen-bond donors (Lipinski definition) is 2. The van der Waals surface area contributed by atoms with Crippen molar-refractivity contribution in [1.82, 2.24) is 10.2 Å². The largest absolute Gasteiger partial charge is 0.480 e. The van der Waals surface area contributed by atoms with Crippen molar-refractivity contribution in [3.63, 3.8) is 0 Å². The van der Waals surface area contributed by atoms with Crippen LogP contribution in [0.1, 0.15) is 19.3 Å². The van der Waals surface area contributed by atoms with Crippen LogP contribution in [-0.4, -0.2) is 59.3 Å². The molecular formula is C12H19F3N2O3S. The number of hydrogen-bond acceptors (Lipinski definition) is 3.